The number of carbonyl (C=O) groups is 1. The number of hydrogen-bond donors (Lipinski definition) is 2. The van der Waals surface area contributed by atoms with Crippen molar-refractivity contribution in [3.8, 4) is 17.0 Å². The molecule has 4 aliphatic rings. The average molecular weight is 367 g/mol. The van der Waals surface area contributed by atoms with E-state index < -0.39 is 0 Å². The van der Waals surface area contributed by atoms with E-state index in [2.05, 4.69) is 20.5 Å². The fraction of sp³-hybridized carbons (Fsp3) is 0.550. The van der Waals surface area contributed by atoms with Crippen LogP contribution in [0.1, 0.15) is 25.7 Å². The van der Waals surface area contributed by atoms with Gasteiger partial charge < -0.3 is 10.4 Å². The molecule has 2 bridgehead atoms. The second kappa shape index (κ2) is 6.64. The number of nitrogens with zero attached hydrogens (tertiary/aromatic N) is 4. The molecule has 0 spiro atoms. The lowest BCUT2D eigenvalue weighted by Crippen LogP contribution is -2.58. The normalized spacial score (nSPS) is 29.6. The Morgan fingerprint density at radius 1 is 1.30 bits per heavy atom. The van der Waals surface area contributed by atoms with E-state index >= 15 is 0 Å². The zero-order chi connectivity index (χ0) is 18.4. The number of piperidine rings is 3. The number of benzene rings is 1. The second-order valence-electron chi connectivity index (χ2n) is 8.20. The lowest BCUT2D eigenvalue weighted by Gasteiger charge is -2.49. The highest BCUT2D eigenvalue weighted by molar-refractivity contribution is 5.80. The number of hydrogen-bond acceptors (Lipinski definition) is 5. The highest BCUT2D eigenvalue weighted by Crippen LogP contribution is 2.37. The molecule has 4 fully saturated rings. The first kappa shape index (κ1) is 16.7. The largest absolute Gasteiger partial charge is 0.508 e. The molecular formula is C20H25N5O2. The first-order valence-electron chi connectivity index (χ1n) is 9.89. The Hall–Kier alpha value is -2.41. The zero-order valence-electron chi connectivity index (χ0n) is 15.3. The van der Waals surface area contributed by atoms with Crippen molar-refractivity contribution < 1.29 is 9.90 Å². The van der Waals surface area contributed by atoms with Crippen LogP contribution in [0.3, 0.4) is 0 Å². The molecule has 4 atom stereocenters. The van der Waals surface area contributed by atoms with Gasteiger partial charge in [0.15, 0.2) is 0 Å². The number of fused-ring (bicyclic) bond motifs is 3. The quantitative estimate of drug-likeness (QED) is 0.839. The summed E-state index contributed by atoms with van der Waals surface area (Å²) in [6, 6.07) is 7.92. The molecule has 7 heteroatoms. The molecule has 1 aromatic carbocycles. The predicted molar refractivity (Wildman–Crippen MR) is 99.9 cm³/mol. The van der Waals surface area contributed by atoms with Gasteiger partial charge in [-0.2, -0.15) is 0 Å². The molecular weight excluding hydrogens is 342 g/mol. The molecule has 1 aromatic heterocycles. The minimum atomic E-state index is 0.147. The van der Waals surface area contributed by atoms with E-state index in [1.165, 1.54) is 0 Å². The van der Waals surface area contributed by atoms with Crippen LogP contribution in [0.5, 0.6) is 5.75 Å². The molecule has 2 N–H and O–H groups in total. The van der Waals surface area contributed by atoms with Gasteiger partial charge in [0.1, 0.15) is 11.4 Å². The Balaban J connectivity index is 1.24. The molecule has 1 unspecified atom stereocenters. The molecule has 1 amide bonds. The van der Waals surface area contributed by atoms with E-state index in [-0.39, 0.29) is 17.6 Å². The van der Waals surface area contributed by atoms with Crippen LogP contribution in [0.4, 0.5) is 0 Å². The lowest BCUT2D eigenvalue weighted by molar-refractivity contribution is -0.133. The summed E-state index contributed by atoms with van der Waals surface area (Å²) < 4.78 is 1.89. The van der Waals surface area contributed by atoms with E-state index in [9.17, 15) is 9.90 Å². The molecule has 0 radical (unpaired) electrons. The molecule has 1 aliphatic carbocycles. The molecule has 1 saturated carbocycles. The van der Waals surface area contributed by atoms with Crippen LogP contribution in [0.15, 0.2) is 30.5 Å². The highest BCUT2D eigenvalue weighted by atomic mass is 16.3. The van der Waals surface area contributed by atoms with Crippen LogP contribution in [-0.2, 0) is 11.3 Å². The van der Waals surface area contributed by atoms with Gasteiger partial charge >= 0.3 is 0 Å². The monoisotopic (exact) mass is 367 g/mol. The van der Waals surface area contributed by atoms with E-state index in [0.29, 0.717) is 18.0 Å². The van der Waals surface area contributed by atoms with Crippen LogP contribution >= 0.6 is 0 Å². The minimum absolute atomic E-state index is 0.147. The minimum Gasteiger partial charge on any atom is -0.508 e. The fourth-order valence-electron chi connectivity index (χ4n) is 4.56. The van der Waals surface area contributed by atoms with Crippen molar-refractivity contribution in [1.29, 1.82) is 0 Å². The first-order chi connectivity index (χ1) is 13.2. The lowest BCUT2D eigenvalue weighted by atomic mass is 9.75. The number of phenols is 1. The van der Waals surface area contributed by atoms with Crippen LogP contribution in [0.2, 0.25) is 0 Å². The summed E-state index contributed by atoms with van der Waals surface area (Å²) in [7, 11) is 0. The van der Waals surface area contributed by atoms with Gasteiger partial charge in [-0.1, -0.05) is 17.3 Å². The summed E-state index contributed by atoms with van der Waals surface area (Å²) in [6.07, 6.45) is 6.39. The highest BCUT2D eigenvalue weighted by Gasteiger charge is 2.44. The maximum absolute atomic E-state index is 12.5. The van der Waals surface area contributed by atoms with Gasteiger partial charge in [-0.3, -0.25) is 14.4 Å². The standard InChI is InChI=1S/C20H25N5O2/c26-17-3-1-2-14(9-17)19-12-25(23-22-19)10-16-8-13-6-7-24(16)11-18(13)20(27)21-15-4-5-15/h1-3,9,12-13,15-16,18,26H,4-8,10-11H2,(H,21,27)/t13-,16-,18+/m1/s1. The molecule has 6 rings (SSSR count). The van der Waals surface area contributed by atoms with Crippen LogP contribution < -0.4 is 5.32 Å². The summed E-state index contributed by atoms with van der Waals surface area (Å²) in [4.78, 5) is 15.0. The number of aromatic hydroxyl groups is 1. The Morgan fingerprint density at radius 2 is 2.19 bits per heavy atom. The maximum Gasteiger partial charge on any atom is 0.224 e. The zero-order valence-corrected chi connectivity index (χ0v) is 15.3. The maximum atomic E-state index is 12.5. The van der Waals surface area contributed by atoms with Crippen molar-refractivity contribution in [1.82, 2.24) is 25.2 Å². The van der Waals surface area contributed by atoms with Gasteiger partial charge in [0, 0.05) is 24.2 Å². The Morgan fingerprint density at radius 3 is 2.93 bits per heavy atom. The van der Waals surface area contributed by atoms with Crippen molar-refractivity contribution in [2.45, 2.75) is 44.3 Å². The van der Waals surface area contributed by atoms with Gasteiger partial charge in [0.25, 0.3) is 0 Å². The summed E-state index contributed by atoms with van der Waals surface area (Å²) in [5.41, 5.74) is 1.63. The van der Waals surface area contributed by atoms with Crippen molar-refractivity contribution >= 4 is 5.91 Å². The summed E-state index contributed by atoms with van der Waals surface area (Å²) in [6.45, 7) is 2.72. The van der Waals surface area contributed by atoms with Crippen LogP contribution in [0, 0.1) is 11.8 Å². The number of amides is 1. The average Bonchev–Trinajstić information content (AvgIpc) is 3.37. The van der Waals surface area contributed by atoms with Gasteiger partial charge in [0.2, 0.25) is 5.91 Å². The third-order valence-corrected chi connectivity index (χ3v) is 6.22. The SMILES string of the molecule is O=C(NC1CC1)[C@H]1CN2CC[C@@H]1C[C@@H]2Cn1cc(-c2cccc(O)c2)nn1. The van der Waals surface area contributed by atoms with Gasteiger partial charge in [-0.05, 0) is 50.3 Å². The fourth-order valence-corrected chi connectivity index (χ4v) is 4.56. The van der Waals surface area contributed by atoms with Crippen molar-refractivity contribution in [2.24, 2.45) is 11.8 Å². The van der Waals surface area contributed by atoms with Crippen molar-refractivity contribution in [3.63, 3.8) is 0 Å². The number of aromatic nitrogens is 3. The van der Waals surface area contributed by atoms with E-state index in [0.717, 1.165) is 56.6 Å². The van der Waals surface area contributed by atoms with Crippen LogP contribution in [-0.4, -0.2) is 56.1 Å². The molecule has 142 valence electrons. The number of phenolic OH excluding ortho intramolecular Hbond substituents is 1. The van der Waals surface area contributed by atoms with Gasteiger partial charge in [0.05, 0.1) is 18.7 Å². The van der Waals surface area contributed by atoms with Crippen LogP contribution in [0.25, 0.3) is 11.3 Å². The number of rotatable bonds is 5. The van der Waals surface area contributed by atoms with Gasteiger partial charge in [-0.15, -0.1) is 5.10 Å². The smallest absolute Gasteiger partial charge is 0.224 e. The summed E-state index contributed by atoms with van der Waals surface area (Å²) in [5.74, 6) is 1.12. The third-order valence-electron chi connectivity index (χ3n) is 6.22. The summed E-state index contributed by atoms with van der Waals surface area (Å²) >= 11 is 0. The van der Waals surface area contributed by atoms with Crippen molar-refractivity contribution in [2.75, 3.05) is 13.1 Å². The topological polar surface area (TPSA) is 83.3 Å². The second-order valence-corrected chi connectivity index (χ2v) is 8.20. The van der Waals surface area contributed by atoms with E-state index in [1.807, 2.05) is 23.0 Å². The van der Waals surface area contributed by atoms with Gasteiger partial charge in [-0.25, -0.2) is 0 Å². The molecule has 4 heterocycles. The Bertz CT molecular complexity index is 846. The molecule has 2 aromatic rings. The Kier molecular flexibility index (Phi) is 4.11. The predicted octanol–water partition coefficient (Wildman–Crippen LogP) is 1.64. The number of carbonyl (C=O) groups excluding carboxylic acids is 1. The van der Waals surface area contributed by atoms with E-state index in [4.69, 9.17) is 0 Å². The van der Waals surface area contributed by atoms with Crippen molar-refractivity contribution in [3.05, 3.63) is 30.5 Å². The molecule has 7 nitrogen and oxygen atoms in total. The molecule has 3 saturated heterocycles. The summed E-state index contributed by atoms with van der Waals surface area (Å²) in [5, 5.41) is 21.4. The molecule has 27 heavy (non-hydrogen) atoms. The van der Waals surface area contributed by atoms with E-state index in [1.54, 1.807) is 12.1 Å². The first-order valence-corrected chi connectivity index (χ1v) is 9.89. The molecule has 3 aliphatic heterocycles. The number of nitrogens with one attached hydrogen (secondary N) is 1. The third kappa shape index (κ3) is 3.43. The Labute approximate surface area is 158 Å².